The van der Waals surface area contributed by atoms with E-state index in [1.165, 1.54) is 48.1 Å². The van der Waals surface area contributed by atoms with Gasteiger partial charge in [-0.25, -0.2) is 8.42 Å². The van der Waals surface area contributed by atoms with Gasteiger partial charge < -0.3 is 22.9 Å². The van der Waals surface area contributed by atoms with Crippen LogP contribution in [0.1, 0.15) is 0 Å². The molecule has 188 valence electrons. The van der Waals surface area contributed by atoms with Crippen molar-refractivity contribution >= 4 is 21.3 Å². The summed E-state index contributed by atoms with van der Waals surface area (Å²) in [7, 11) is -0.761. The molecule has 0 amide bonds. The van der Waals surface area contributed by atoms with E-state index in [-0.39, 0.29) is 33.9 Å². The Bertz CT molecular complexity index is 1210. The molecule has 36 heavy (non-hydrogen) atoms. The molecule has 4 rings (SSSR count). The summed E-state index contributed by atoms with van der Waals surface area (Å²) in [5.41, 5.74) is 0. The largest absolute Gasteiger partial charge is 0.716 e. The fourth-order valence-corrected chi connectivity index (χ4v) is 5.74. The lowest BCUT2D eigenvalue weighted by molar-refractivity contribution is 0.320. The van der Waals surface area contributed by atoms with Gasteiger partial charge in [-0.1, -0.05) is 54.6 Å². The predicted molar refractivity (Wildman–Crippen MR) is 138 cm³/mol. The molecule has 0 fully saturated rings. The van der Waals surface area contributed by atoms with E-state index in [0.717, 1.165) is 0 Å². The molecule has 0 saturated heterocycles. The summed E-state index contributed by atoms with van der Waals surface area (Å²) in [6, 6.07) is 34.6. The van der Waals surface area contributed by atoms with Crippen molar-refractivity contribution in [2.75, 3.05) is 21.3 Å². The summed E-state index contributed by atoms with van der Waals surface area (Å²) in [6.45, 7) is 0. The Morgan fingerprint density at radius 1 is 0.611 bits per heavy atom. The normalized spacial score (nSPS) is 10.7. The molecule has 0 unspecified atom stereocenters. The quantitative estimate of drug-likeness (QED) is 0.174. The highest BCUT2D eigenvalue weighted by Crippen LogP contribution is 2.41. The molecule has 0 radical (unpaired) electrons. The van der Waals surface area contributed by atoms with Gasteiger partial charge in [0.25, 0.3) is 10.4 Å². The number of hydrogen-bond acceptors (Lipinski definition) is 7. The van der Waals surface area contributed by atoms with Crippen LogP contribution in [0, 0.1) is 0 Å². The van der Waals surface area contributed by atoms with Gasteiger partial charge in [0.1, 0.15) is 5.75 Å². The number of methoxy groups -OCH3 is 3. The molecule has 9 heteroatoms. The van der Waals surface area contributed by atoms with Crippen LogP contribution in [0.5, 0.6) is 23.0 Å². The molecule has 0 N–H and O–H groups in total. The Hall–Kier alpha value is -3.66. The van der Waals surface area contributed by atoms with Crippen LogP contribution in [0.15, 0.2) is 118 Å². The molecule has 0 aliphatic rings. The first kappa shape index (κ1) is 26.9. The summed E-state index contributed by atoms with van der Waals surface area (Å²) in [4.78, 5) is 4.08. The minimum atomic E-state index is -4.85. The molecule has 4 aromatic carbocycles. The Balaban J connectivity index is 0.000000202. The number of rotatable bonds is 8. The molecule has 0 aliphatic carbocycles. The van der Waals surface area contributed by atoms with Crippen LogP contribution in [0.25, 0.3) is 0 Å². The van der Waals surface area contributed by atoms with Crippen LogP contribution < -0.4 is 18.4 Å². The van der Waals surface area contributed by atoms with E-state index in [2.05, 4.69) is 95.2 Å². The minimum absolute atomic E-state index is 0.0146. The van der Waals surface area contributed by atoms with E-state index in [0.29, 0.717) is 0 Å². The number of ether oxygens (including phenoxy) is 3. The van der Waals surface area contributed by atoms with E-state index >= 15 is 0 Å². The van der Waals surface area contributed by atoms with E-state index in [1.54, 1.807) is 0 Å². The molecular formula is C27H26O7S2. The fraction of sp³-hybridized carbons (Fsp3) is 0.111. The van der Waals surface area contributed by atoms with Crippen molar-refractivity contribution in [2.45, 2.75) is 14.7 Å². The van der Waals surface area contributed by atoms with Crippen molar-refractivity contribution in [1.29, 1.82) is 0 Å². The van der Waals surface area contributed by atoms with Gasteiger partial charge in [0.15, 0.2) is 26.2 Å². The van der Waals surface area contributed by atoms with Crippen molar-refractivity contribution in [3.05, 3.63) is 103 Å². The molecule has 0 atom stereocenters. The summed E-state index contributed by atoms with van der Waals surface area (Å²) in [6.07, 6.45) is 0. The van der Waals surface area contributed by atoms with E-state index in [1.807, 2.05) is 0 Å². The predicted octanol–water partition coefficient (Wildman–Crippen LogP) is 5.33. The third kappa shape index (κ3) is 7.42. The van der Waals surface area contributed by atoms with Gasteiger partial charge in [0.2, 0.25) is 5.75 Å². The van der Waals surface area contributed by atoms with E-state index in [9.17, 15) is 13.0 Å². The minimum Gasteiger partial charge on any atom is -0.716 e. The Morgan fingerprint density at radius 2 is 0.972 bits per heavy atom. The first-order valence-electron chi connectivity index (χ1n) is 10.7. The molecule has 4 aromatic rings. The van der Waals surface area contributed by atoms with Crippen molar-refractivity contribution in [2.24, 2.45) is 0 Å². The molecule has 0 saturated carbocycles. The summed E-state index contributed by atoms with van der Waals surface area (Å²) in [5, 5.41) is 0. The zero-order valence-corrected chi connectivity index (χ0v) is 21.6. The summed E-state index contributed by atoms with van der Waals surface area (Å²) >= 11 is 0. The topological polar surface area (TPSA) is 94.1 Å². The lowest BCUT2D eigenvalue weighted by Gasteiger charge is -2.15. The second-order valence-electron chi connectivity index (χ2n) is 7.10. The van der Waals surface area contributed by atoms with Gasteiger partial charge in [0, 0.05) is 12.1 Å². The zero-order valence-electron chi connectivity index (χ0n) is 20.0. The Morgan fingerprint density at radius 3 is 1.25 bits per heavy atom. The highest BCUT2D eigenvalue weighted by Gasteiger charge is 2.27. The lowest BCUT2D eigenvalue weighted by Crippen LogP contribution is -2.07. The van der Waals surface area contributed by atoms with Gasteiger partial charge in [-0.3, -0.25) is 0 Å². The molecule has 0 heterocycles. The standard InChI is InChI=1S/C18H15S.C9H12O7S/c1-4-10-16(11-5-1)19(17-12-6-2-7-13-17)18-14-8-3-9-15-18;1-13-7-4-6(16-17(10,11)12)5-8(14-2)9(7)15-3/h1-15H;4-5H,1-3H3,(H,10,11,12)/q+1;/p-1. The van der Waals surface area contributed by atoms with Crippen molar-refractivity contribution in [3.63, 3.8) is 0 Å². The fourth-order valence-electron chi connectivity index (χ4n) is 3.30. The Kier molecular flexibility index (Phi) is 9.63. The SMILES string of the molecule is COc1cc(OS(=O)(=O)[O-])cc(OC)c1OC.c1ccc([S+](c2ccccc2)c2ccccc2)cc1. The third-order valence-corrected chi connectivity index (χ3v) is 7.40. The van der Waals surface area contributed by atoms with Crippen LogP contribution in [0.4, 0.5) is 0 Å². The van der Waals surface area contributed by atoms with Crippen LogP contribution in [0.3, 0.4) is 0 Å². The van der Waals surface area contributed by atoms with Crippen LogP contribution >= 0.6 is 0 Å². The average molecular weight is 527 g/mol. The monoisotopic (exact) mass is 526 g/mol. The molecule has 0 aliphatic heterocycles. The van der Waals surface area contributed by atoms with Gasteiger partial charge >= 0.3 is 0 Å². The van der Waals surface area contributed by atoms with Gasteiger partial charge in [-0.15, -0.1) is 0 Å². The summed E-state index contributed by atoms with van der Waals surface area (Å²) < 4.78 is 50.5. The highest BCUT2D eigenvalue weighted by atomic mass is 32.3. The van der Waals surface area contributed by atoms with E-state index < -0.39 is 10.4 Å². The van der Waals surface area contributed by atoms with Crippen molar-refractivity contribution in [3.8, 4) is 23.0 Å². The molecule has 0 spiro atoms. The third-order valence-electron chi connectivity index (χ3n) is 4.77. The highest BCUT2D eigenvalue weighted by molar-refractivity contribution is 7.97. The van der Waals surface area contributed by atoms with Gasteiger partial charge in [-0.2, -0.15) is 0 Å². The van der Waals surface area contributed by atoms with Crippen LogP contribution in [-0.2, 0) is 21.3 Å². The molecule has 0 bridgehead atoms. The lowest BCUT2D eigenvalue weighted by atomic mass is 10.2. The maximum Gasteiger partial charge on any atom is 0.262 e. The Labute approximate surface area is 214 Å². The van der Waals surface area contributed by atoms with Gasteiger partial charge in [-0.05, 0) is 36.4 Å². The second-order valence-corrected chi connectivity index (χ2v) is 10.1. The zero-order chi connectivity index (χ0) is 26.0. The first-order chi connectivity index (χ1) is 17.4. The molecular weight excluding hydrogens is 500 g/mol. The van der Waals surface area contributed by atoms with Crippen LogP contribution in [-0.4, -0.2) is 34.3 Å². The van der Waals surface area contributed by atoms with Crippen molar-refractivity contribution in [1.82, 2.24) is 0 Å². The smallest absolute Gasteiger partial charge is 0.262 e. The maximum absolute atomic E-state index is 10.5. The maximum atomic E-state index is 10.5. The molecule has 0 aromatic heterocycles. The molecule has 7 nitrogen and oxygen atoms in total. The van der Waals surface area contributed by atoms with Crippen LogP contribution in [0.2, 0.25) is 0 Å². The number of hydrogen-bond donors (Lipinski definition) is 0. The summed E-state index contributed by atoms with van der Waals surface area (Å²) in [5.74, 6) is 0.427. The average Bonchev–Trinajstić information content (AvgIpc) is 2.89. The number of benzene rings is 4. The van der Waals surface area contributed by atoms with E-state index in [4.69, 9.17) is 14.2 Å². The first-order valence-corrected chi connectivity index (χ1v) is 13.3. The van der Waals surface area contributed by atoms with Gasteiger partial charge in [0.05, 0.1) is 32.2 Å². The van der Waals surface area contributed by atoms with Crippen molar-refractivity contribution < 1.29 is 31.4 Å². The second kappa shape index (κ2) is 12.9.